The van der Waals surface area contributed by atoms with Gasteiger partial charge in [0, 0.05) is 4.47 Å². The summed E-state index contributed by atoms with van der Waals surface area (Å²) in [4.78, 5) is 26.7. The number of halogens is 1. The van der Waals surface area contributed by atoms with E-state index in [0.717, 1.165) is 15.6 Å². The minimum Gasteiger partial charge on any atom is -0.319 e. The van der Waals surface area contributed by atoms with Crippen molar-refractivity contribution in [2.24, 2.45) is 0 Å². The van der Waals surface area contributed by atoms with Crippen LogP contribution < -0.4 is 5.32 Å². The quantitative estimate of drug-likeness (QED) is 0.829. The Morgan fingerprint density at radius 2 is 1.70 bits per heavy atom. The summed E-state index contributed by atoms with van der Waals surface area (Å²) in [5.74, 6) is -0.195. The van der Waals surface area contributed by atoms with Gasteiger partial charge in [0.1, 0.15) is 5.54 Å². The lowest BCUT2D eigenvalue weighted by atomic mass is 9.87. The van der Waals surface area contributed by atoms with Crippen molar-refractivity contribution in [3.05, 3.63) is 70.2 Å². The van der Waals surface area contributed by atoms with E-state index in [1.54, 1.807) is 0 Å². The summed E-state index contributed by atoms with van der Waals surface area (Å²) in [7, 11) is 0. The van der Waals surface area contributed by atoms with E-state index in [1.807, 2.05) is 61.5 Å². The molecule has 4 nitrogen and oxygen atoms in total. The minimum atomic E-state index is -0.965. The van der Waals surface area contributed by atoms with Crippen LogP contribution in [0.1, 0.15) is 24.5 Å². The number of imide groups is 1. The Hall–Kier alpha value is -2.14. The van der Waals surface area contributed by atoms with Crippen molar-refractivity contribution in [2.75, 3.05) is 0 Å². The zero-order chi connectivity index (χ0) is 16.4. The normalized spacial score (nSPS) is 20.7. The maximum atomic E-state index is 13.0. The Labute approximate surface area is 143 Å². The highest BCUT2D eigenvalue weighted by Gasteiger charge is 2.50. The van der Waals surface area contributed by atoms with Gasteiger partial charge in [0.25, 0.3) is 5.91 Å². The molecule has 0 radical (unpaired) electrons. The summed E-state index contributed by atoms with van der Waals surface area (Å²) in [6, 6.07) is 16.7. The first kappa shape index (κ1) is 15.7. The zero-order valence-electron chi connectivity index (χ0n) is 12.8. The highest BCUT2D eigenvalue weighted by Crippen LogP contribution is 2.33. The van der Waals surface area contributed by atoms with Crippen molar-refractivity contribution >= 4 is 27.9 Å². The number of rotatable bonds is 4. The van der Waals surface area contributed by atoms with Crippen LogP contribution in [0.15, 0.2) is 59.1 Å². The largest absolute Gasteiger partial charge is 0.325 e. The summed E-state index contributed by atoms with van der Waals surface area (Å²) in [6.45, 7) is 2.18. The first-order valence-corrected chi connectivity index (χ1v) is 8.30. The van der Waals surface area contributed by atoms with Gasteiger partial charge < -0.3 is 5.32 Å². The number of carbonyl (C=O) groups excluding carboxylic acids is 2. The number of amides is 3. The molecule has 0 aliphatic carbocycles. The fraction of sp³-hybridized carbons (Fsp3) is 0.222. The van der Waals surface area contributed by atoms with Crippen LogP contribution in [0.25, 0.3) is 0 Å². The molecule has 1 N–H and O–H groups in total. The fourth-order valence-electron chi connectivity index (χ4n) is 2.90. The predicted octanol–water partition coefficient (Wildman–Crippen LogP) is 3.81. The van der Waals surface area contributed by atoms with E-state index in [2.05, 4.69) is 21.2 Å². The van der Waals surface area contributed by atoms with E-state index >= 15 is 0 Å². The fourth-order valence-corrected chi connectivity index (χ4v) is 3.17. The van der Waals surface area contributed by atoms with Gasteiger partial charge in [-0.1, -0.05) is 65.3 Å². The van der Waals surface area contributed by atoms with E-state index in [-0.39, 0.29) is 18.5 Å². The van der Waals surface area contributed by atoms with Crippen LogP contribution in [0, 0.1) is 0 Å². The zero-order valence-corrected chi connectivity index (χ0v) is 14.3. The number of carbonyl (C=O) groups is 2. The minimum absolute atomic E-state index is 0.195. The molecule has 23 heavy (non-hydrogen) atoms. The maximum absolute atomic E-state index is 13.0. The summed E-state index contributed by atoms with van der Waals surface area (Å²) in [5, 5.41) is 2.89. The molecule has 118 valence electrons. The molecule has 3 rings (SSSR count). The molecular weight excluding hydrogens is 356 g/mol. The van der Waals surface area contributed by atoms with Gasteiger partial charge in [-0.05, 0) is 29.7 Å². The second kappa shape index (κ2) is 6.16. The molecule has 3 amide bonds. The Morgan fingerprint density at radius 3 is 2.30 bits per heavy atom. The van der Waals surface area contributed by atoms with Crippen LogP contribution in [0.3, 0.4) is 0 Å². The Balaban J connectivity index is 1.91. The number of benzene rings is 2. The Morgan fingerprint density at radius 1 is 1.04 bits per heavy atom. The average molecular weight is 373 g/mol. The third-order valence-electron chi connectivity index (χ3n) is 4.23. The van der Waals surface area contributed by atoms with E-state index in [1.165, 1.54) is 4.90 Å². The summed E-state index contributed by atoms with van der Waals surface area (Å²) < 4.78 is 0.964. The number of urea groups is 1. The molecular formula is C18H17BrN2O2. The molecule has 2 aromatic carbocycles. The van der Waals surface area contributed by atoms with Crippen LogP contribution in [0.4, 0.5) is 4.79 Å². The smallest absolute Gasteiger partial charge is 0.319 e. The maximum Gasteiger partial charge on any atom is 0.325 e. The van der Waals surface area contributed by atoms with Gasteiger partial charge >= 0.3 is 6.03 Å². The monoisotopic (exact) mass is 372 g/mol. The van der Waals surface area contributed by atoms with Crippen molar-refractivity contribution in [1.29, 1.82) is 0 Å². The van der Waals surface area contributed by atoms with Gasteiger partial charge in [0.2, 0.25) is 0 Å². The standard InChI is InChI=1S/C18H17BrN2O2/c1-2-18(14-6-4-3-5-7-14)16(22)21(17(23)20-18)12-13-8-10-15(19)11-9-13/h3-11H,2,12H2,1H3,(H,20,23)/t18-/m0/s1. The molecule has 0 saturated carbocycles. The van der Waals surface area contributed by atoms with Crippen LogP contribution in [0.5, 0.6) is 0 Å². The van der Waals surface area contributed by atoms with Crippen LogP contribution in [-0.4, -0.2) is 16.8 Å². The number of hydrogen-bond donors (Lipinski definition) is 1. The van der Waals surface area contributed by atoms with E-state index in [9.17, 15) is 9.59 Å². The first-order chi connectivity index (χ1) is 11.1. The lowest BCUT2D eigenvalue weighted by molar-refractivity contribution is -0.132. The Kier molecular flexibility index (Phi) is 4.22. The second-order valence-corrected chi connectivity index (χ2v) is 6.49. The molecule has 1 aliphatic rings. The van der Waals surface area contributed by atoms with Gasteiger partial charge in [-0.3, -0.25) is 9.69 Å². The third kappa shape index (κ3) is 2.77. The van der Waals surface area contributed by atoms with Crippen molar-refractivity contribution < 1.29 is 9.59 Å². The molecule has 0 bridgehead atoms. The molecule has 0 spiro atoms. The molecule has 2 aromatic rings. The van der Waals surface area contributed by atoms with Crippen LogP contribution in [-0.2, 0) is 16.9 Å². The van der Waals surface area contributed by atoms with Crippen molar-refractivity contribution in [3.63, 3.8) is 0 Å². The summed E-state index contributed by atoms with van der Waals surface area (Å²) in [5.41, 5.74) is 0.768. The second-order valence-electron chi connectivity index (χ2n) is 5.57. The van der Waals surface area contributed by atoms with Crippen molar-refractivity contribution in [2.45, 2.75) is 25.4 Å². The Bertz CT molecular complexity index is 730. The van der Waals surface area contributed by atoms with Crippen molar-refractivity contribution in [3.8, 4) is 0 Å². The van der Waals surface area contributed by atoms with E-state index in [4.69, 9.17) is 0 Å². The van der Waals surface area contributed by atoms with Crippen LogP contribution >= 0.6 is 15.9 Å². The highest BCUT2D eigenvalue weighted by molar-refractivity contribution is 9.10. The summed E-state index contributed by atoms with van der Waals surface area (Å²) in [6.07, 6.45) is 0.512. The number of nitrogens with zero attached hydrogens (tertiary/aromatic N) is 1. The van der Waals surface area contributed by atoms with E-state index in [0.29, 0.717) is 6.42 Å². The number of nitrogens with one attached hydrogen (secondary N) is 1. The van der Waals surface area contributed by atoms with Gasteiger partial charge in [0.15, 0.2) is 0 Å². The first-order valence-electron chi connectivity index (χ1n) is 7.51. The average Bonchev–Trinajstić information content (AvgIpc) is 2.83. The van der Waals surface area contributed by atoms with E-state index < -0.39 is 5.54 Å². The van der Waals surface area contributed by atoms with Gasteiger partial charge in [-0.2, -0.15) is 0 Å². The molecule has 1 atom stereocenters. The number of hydrogen-bond acceptors (Lipinski definition) is 2. The lowest BCUT2D eigenvalue weighted by Gasteiger charge is -2.25. The molecule has 1 aliphatic heterocycles. The van der Waals surface area contributed by atoms with Gasteiger partial charge in [-0.25, -0.2) is 4.79 Å². The van der Waals surface area contributed by atoms with Crippen LogP contribution in [0.2, 0.25) is 0 Å². The molecule has 1 fully saturated rings. The SMILES string of the molecule is CC[C@@]1(c2ccccc2)NC(=O)N(Cc2ccc(Br)cc2)C1=O. The molecule has 1 saturated heterocycles. The molecule has 0 unspecified atom stereocenters. The lowest BCUT2D eigenvalue weighted by Crippen LogP contribution is -2.43. The topological polar surface area (TPSA) is 49.4 Å². The van der Waals surface area contributed by atoms with Gasteiger partial charge in [-0.15, -0.1) is 0 Å². The summed E-state index contributed by atoms with van der Waals surface area (Å²) >= 11 is 3.38. The third-order valence-corrected chi connectivity index (χ3v) is 4.76. The molecule has 0 aromatic heterocycles. The molecule has 1 heterocycles. The predicted molar refractivity (Wildman–Crippen MR) is 91.6 cm³/mol. The molecule has 5 heteroatoms. The highest BCUT2D eigenvalue weighted by atomic mass is 79.9. The van der Waals surface area contributed by atoms with Gasteiger partial charge in [0.05, 0.1) is 6.54 Å². The van der Waals surface area contributed by atoms with Crippen molar-refractivity contribution in [1.82, 2.24) is 10.2 Å².